The first-order valence-electron chi connectivity index (χ1n) is 23.0. The molecule has 0 saturated carbocycles. The maximum Gasteiger partial charge on any atom is 0.432 e. The molecule has 11 rings (SSSR count). The average molecular weight is 827 g/mol. The van der Waals surface area contributed by atoms with E-state index in [0.717, 1.165) is 12.2 Å². The summed E-state index contributed by atoms with van der Waals surface area (Å²) in [5.41, 5.74) is 20.7. The van der Waals surface area contributed by atoms with E-state index in [1.165, 1.54) is 95.1 Å². The van der Waals surface area contributed by atoms with E-state index in [-0.39, 0.29) is 22.4 Å². The van der Waals surface area contributed by atoms with E-state index in [9.17, 15) is 0 Å². The van der Waals surface area contributed by atoms with Crippen LogP contribution in [0.5, 0.6) is 5.75 Å². The molecule has 5 heterocycles. The van der Waals surface area contributed by atoms with Crippen molar-refractivity contribution >= 4 is 17.1 Å². The van der Waals surface area contributed by atoms with Gasteiger partial charge >= 0.3 is 5.85 Å². The lowest BCUT2D eigenvalue weighted by Gasteiger charge is -2.49. The quantitative estimate of drug-likeness (QED) is 0.161. The molecular weight excluding hydrogens is 767 g/mol. The molecule has 0 amide bonds. The lowest BCUT2D eigenvalue weighted by molar-refractivity contribution is -0.774. The van der Waals surface area contributed by atoms with Gasteiger partial charge in [0.1, 0.15) is 17.5 Å². The van der Waals surface area contributed by atoms with Crippen LogP contribution in [-0.4, -0.2) is 0 Å². The number of anilines is 3. The van der Waals surface area contributed by atoms with Crippen LogP contribution < -0.4 is 19.1 Å². The van der Waals surface area contributed by atoms with Gasteiger partial charge in [-0.05, 0) is 98.4 Å². The third kappa shape index (κ3) is 5.82. The van der Waals surface area contributed by atoms with Gasteiger partial charge in [0, 0.05) is 39.9 Å². The number of nitrogens with zero attached hydrogens (tertiary/aromatic N) is 3. The molecule has 6 aromatic carbocycles. The van der Waals surface area contributed by atoms with Gasteiger partial charge in [-0.2, -0.15) is 0 Å². The van der Waals surface area contributed by atoms with Crippen LogP contribution in [0.25, 0.3) is 44.6 Å². The van der Waals surface area contributed by atoms with Crippen LogP contribution in [-0.2, 0) is 28.5 Å². The molecule has 7 aromatic rings. The molecule has 0 fully saturated rings. The van der Waals surface area contributed by atoms with Crippen molar-refractivity contribution in [3.05, 3.63) is 173 Å². The highest BCUT2D eigenvalue weighted by molar-refractivity contribution is 6.03. The van der Waals surface area contributed by atoms with Crippen LogP contribution >= 0.6 is 0 Å². The molecule has 0 radical (unpaired) electrons. The van der Waals surface area contributed by atoms with Crippen molar-refractivity contribution in [1.82, 2.24) is 0 Å². The van der Waals surface area contributed by atoms with Gasteiger partial charge in [-0.15, -0.1) is 4.57 Å². The van der Waals surface area contributed by atoms with Crippen LogP contribution in [0.15, 0.2) is 140 Å². The highest BCUT2D eigenvalue weighted by Crippen LogP contribution is 2.68. The molecule has 4 heteroatoms. The van der Waals surface area contributed by atoms with E-state index in [1.807, 2.05) is 0 Å². The number of hydrogen-bond acceptors (Lipinski definition) is 3. The fourth-order valence-electron chi connectivity index (χ4n) is 10.9. The van der Waals surface area contributed by atoms with Crippen LogP contribution in [0.1, 0.15) is 116 Å². The molecule has 0 bridgehead atoms. The smallest absolute Gasteiger partial charge is 0.410 e. The van der Waals surface area contributed by atoms with Gasteiger partial charge in [0.2, 0.25) is 5.69 Å². The first-order chi connectivity index (χ1) is 29.9. The number of para-hydroxylation sites is 1. The first kappa shape index (κ1) is 39.7. The Morgan fingerprint density at radius 2 is 1.25 bits per heavy atom. The van der Waals surface area contributed by atoms with Gasteiger partial charge in [0.25, 0.3) is 0 Å². The minimum Gasteiger partial charge on any atom is -0.410 e. The largest absolute Gasteiger partial charge is 0.432 e. The van der Waals surface area contributed by atoms with E-state index in [2.05, 4.69) is 230 Å². The maximum atomic E-state index is 8.16. The summed E-state index contributed by atoms with van der Waals surface area (Å²) >= 11 is 0. The lowest BCUT2D eigenvalue weighted by Crippen LogP contribution is -2.71. The van der Waals surface area contributed by atoms with Crippen molar-refractivity contribution in [1.29, 1.82) is 0 Å². The highest BCUT2D eigenvalue weighted by atomic mass is 16.5. The molecular formula is C59H60N3O+. The zero-order chi connectivity index (χ0) is 44.0. The number of pyridine rings is 1. The Labute approximate surface area is 374 Å². The molecule has 4 aliphatic rings. The SMILES string of the molecule is CC(C)Cc1ccc(N2c3cccc4c3N3C2c2cc(C(C)(C)C)cc(C(C)(C)C)c2OC32c3c-4cc(C(C)(C)C)cc3-c3cc(-c4ccccc4)cc[n+]32)c(-c2ccccc2)c1. The van der Waals surface area contributed by atoms with Crippen molar-refractivity contribution in [2.24, 2.45) is 5.92 Å². The Kier molecular flexibility index (Phi) is 8.47. The summed E-state index contributed by atoms with van der Waals surface area (Å²) in [6.45, 7) is 25.7. The van der Waals surface area contributed by atoms with E-state index in [1.54, 1.807) is 0 Å². The Morgan fingerprint density at radius 3 is 1.92 bits per heavy atom. The second kappa shape index (κ2) is 13.4. The van der Waals surface area contributed by atoms with Crippen molar-refractivity contribution in [3.63, 3.8) is 0 Å². The number of aromatic nitrogens is 1. The second-order valence-corrected chi connectivity index (χ2v) is 22.0. The zero-order valence-corrected chi connectivity index (χ0v) is 38.9. The topological polar surface area (TPSA) is 19.6 Å². The molecule has 4 aliphatic heterocycles. The minimum atomic E-state index is -1.02. The Hall–Kier alpha value is -6.13. The molecule has 316 valence electrons. The molecule has 0 aliphatic carbocycles. The normalized spacial score (nSPS) is 17.9. The van der Waals surface area contributed by atoms with Crippen molar-refractivity contribution in [3.8, 4) is 50.4 Å². The summed E-state index contributed by atoms with van der Waals surface area (Å²) in [4.78, 5) is 5.35. The molecule has 0 saturated heterocycles. The number of rotatable bonds is 5. The second-order valence-electron chi connectivity index (χ2n) is 22.0. The Morgan fingerprint density at radius 1 is 0.587 bits per heavy atom. The van der Waals surface area contributed by atoms with Gasteiger partial charge < -0.3 is 9.64 Å². The summed E-state index contributed by atoms with van der Waals surface area (Å²) in [5.74, 6) is 0.509. The number of ether oxygens (including phenoxy) is 1. The van der Waals surface area contributed by atoms with Crippen molar-refractivity contribution < 1.29 is 9.30 Å². The molecule has 4 nitrogen and oxygen atoms in total. The highest BCUT2D eigenvalue weighted by Gasteiger charge is 2.70. The van der Waals surface area contributed by atoms with Crippen LogP contribution in [0.3, 0.4) is 0 Å². The maximum absolute atomic E-state index is 8.16. The summed E-state index contributed by atoms with van der Waals surface area (Å²) in [5, 5.41) is 0. The molecule has 0 N–H and O–H groups in total. The summed E-state index contributed by atoms with van der Waals surface area (Å²) in [6.07, 6.45) is 3.10. The fraction of sp³-hybridized carbons (Fsp3) is 0.305. The fourth-order valence-corrected chi connectivity index (χ4v) is 10.9. The van der Waals surface area contributed by atoms with Crippen LogP contribution in [0.4, 0.5) is 17.1 Å². The minimum absolute atomic E-state index is 0.0854. The first-order valence-corrected chi connectivity index (χ1v) is 23.0. The van der Waals surface area contributed by atoms with Crippen molar-refractivity contribution in [2.75, 3.05) is 9.80 Å². The number of hydrogen-bond donors (Lipinski definition) is 0. The van der Waals surface area contributed by atoms with E-state index < -0.39 is 5.85 Å². The van der Waals surface area contributed by atoms with E-state index in [4.69, 9.17) is 4.74 Å². The molecule has 1 aromatic heterocycles. The van der Waals surface area contributed by atoms with Crippen molar-refractivity contribution in [2.45, 2.75) is 111 Å². The number of fused-ring (bicyclic) bond motifs is 5. The predicted molar refractivity (Wildman–Crippen MR) is 261 cm³/mol. The zero-order valence-electron chi connectivity index (χ0n) is 38.9. The van der Waals surface area contributed by atoms with E-state index in [0.29, 0.717) is 5.92 Å². The van der Waals surface area contributed by atoms with Gasteiger partial charge in [-0.3, -0.25) is 0 Å². The van der Waals surface area contributed by atoms with Gasteiger partial charge in [0.15, 0.2) is 6.20 Å². The third-order valence-electron chi connectivity index (χ3n) is 14.0. The standard InChI is InChI=1S/C59H60N3O/c1-36(2)29-37-25-26-49(44(30-37)39-21-16-13-17-22-39)61-50-24-18-23-43-45-32-41(56(3,4)5)33-46-51-31-40(38-19-14-12-15-20-38)27-28-60(51)59(52(45)46)62(53(43)50)55(61)47-34-42(57(6,7)8)35-48(54(47)63-59)58(9,10)11/h12-28,30-36,55H,29H2,1-11H3/q+1. The predicted octanol–water partition coefficient (Wildman–Crippen LogP) is 14.8. The summed E-state index contributed by atoms with van der Waals surface area (Å²) in [7, 11) is 0. The average Bonchev–Trinajstić information content (AvgIpc) is 3.74. The third-order valence-corrected chi connectivity index (χ3v) is 14.0. The van der Waals surface area contributed by atoms with Crippen LogP contribution in [0, 0.1) is 5.92 Å². The van der Waals surface area contributed by atoms with E-state index >= 15 is 0 Å². The summed E-state index contributed by atoms with van der Waals surface area (Å²) in [6, 6.07) is 50.7. The van der Waals surface area contributed by atoms with Gasteiger partial charge in [-0.25, -0.2) is 4.90 Å². The van der Waals surface area contributed by atoms with Gasteiger partial charge in [0.05, 0.1) is 22.6 Å². The monoisotopic (exact) mass is 826 g/mol. The molecule has 63 heavy (non-hydrogen) atoms. The van der Waals surface area contributed by atoms with Gasteiger partial charge in [-0.1, -0.05) is 161 Å². The Balaban J connectivity index is 1.30. The molecule has 2 unspecified atom stereocenters. The number of benzene rings is 6. The summed E-state index contributed by atoms with van der Waals surface area (Å²) < 4.78 is 10.6. The lowest BCUT2D eigenvalue weighted by atomic mass is 9.77. The molecule has 2 atom stereocenters. The Bertz CT molecular complexity index is 3000. The van der Waals surface area contributed by atoms with Crippen LogP contribution in [0.2, 0.25) is 0 Å². The molecule has 1 spiro atoms.